The van der Waals surface area contributed by atoms with Crippen molar-refractivity contribution in [1.29, 1.82) is 0 Å². The maximum absolute atomic E-state index is 12.5. The minimum absolute atomic E-state index is 0.621. The molecule has 0 amide bonds. The van der Waals surface area contributed by atoms with E-state index in [-0.39, 0.29) is 0 Å². The summed E-state index contributed by atoms with van der Waals surface area (Å²) in [5, 5.41) is 0. The summed E-state index contributed by atoms with van der Waals surface area (Å²) < 4.78 is 37.5. The minimum Gasteiger partial charge on any atom is -0.166 e. The lowest BCUT2D eigenvalue weighted by Gasteiger charge is -2.08. The first kappa shape index (κ1) is 15.9. The van der Waals surface area contributed by atoms with Gasteiger partial charge in [-0.15, -0.1) is 11.6 Å². The Bertz CT molecular complexity index is 556. The lowest BCUT2D eigenvalue weighted by atomic mass is 10.0. The van der Waals surface area contributed by atoms with Gasteiger partial charge in [-0.1, -0.05) is 36.4 Å². The molecule has 112 valence electrons. The number of benzene rings is 2. The summed E-state index contributed by atoms with van der Waals surface area (Å²) in [5.74, 6) is 0.670. The van der Waals surface area contributed by atoms with E-state index in [0.29, 0.717) is 5.88 Å². The molecule has 0 aliphatic heterocycles. The van der Waals surface area contributed by atoms with Gasteiger partial charge in [-0.2, -0.15) is 13.2 Å². The van der Waals surface area contributed by atoms with Crippen LogP contribution in [0.5, 0.6) is 0 Å². The molecular formula is C17H16ClF3. The molecule has 2 aromatic rings. The number of alkyl halides is 4. The summed E-state index contributed by atoms with van der Waals surface area (Å²) in [6.07, 6.45) is -1.28. The molecule has 0 heterocycles. The van der Waals surface area contributed by atoms with Crippen molar-refractivity contribution in [3.05, 3.63) is 59.7 Å². The monoisotopic (exact) mass is 312 g/mol. The molecule has 0 aliphatic rings. The van der Waals surface area contributed by atoms with Crippen LogP contribution >= 0.6 is 11.6 Å². The molecule has 0 spiro atoms. The van der Waals surface area contributed by atoms with Crippen LogP contribution in [0.3, 0.4) is 0 Å². The fourth-order valence-corrected chi connectivity index (χ4v) is 2.33. The molecule has 0 unspecified atom stereocenters. The minimum atomic E-state index is -4.29. The fraction of sp³-hybridized carbons (Fsp3) is 0.294. The molecule has 0 fully saturated rings. The third-order valence-corrected chi connectivity index (χ3v) is 3.62. The Morgan fingerprint density at radius 3 is 1.76 bits per heavy atom. The Balaban J connectivity index is 2.08. The van der Waals surface area contributed by atoms with Crippen molar-refractivity contribution in [1.82, 2.24) is 0 Å². The van der Waals surface area contributed by atoms with E-state index < -0.39 is 11.7 Å². The van der Waals surface area contributed by atoms with Crippen molar-refractivity contribution in [3.8, 4) is 11.1 Å². The average molecular weight is 313 g/mol. The van der Waals surface area contributed by atoms with Crippen LogP contribution in [-0.4, -0.2) is 5.88 Å². The van der Waals surface area contributed by atoms with Gasteiger partial charge in [0.1, 0.15) is 0 Å². The first-order valence-electron chi connectivity index (χ1n) is 6.83. The molecule has 0 saturated heterocycles. The summed E-state index contributed by atoms with van der Waals surface area (Å²) >= 11 is 5.64. The van der Waals surface area contributed by atoms with Crippen molar-refractivity contribution in [2.45, 2.75) is 25.4 Å². The largest absolute Gasteiger partial charge is 0.416 e. The zero-order chi connectivity index (χ0) is 15.3. The van der Waals surface area contributed by atoms with Crippen LogP contribution in [0.2, 0.25) is 0 Å². The summed E-state index contributed by atoms with van der Waals surface area (Å²) in [7, 11) is 0. The van der Waals surface area contributed by atoms with Crippen LogP contribution in [0.4, 0.5) is 13.2 Å². The maximum Gasteiger partial charge on any atom is 0.416 e. The molecule has 0 radical (unpaired) electrons. The Hall–Kier alpha value is -1.48. The van der Waals surface area contributed by atoms with Gasteiger partial charge in [-0.25, -0.2) is 0 Å². The molecule has 0 N–H and O–H groups in total. The van der Waals surface area contributed by atoms with Crippen molar-refractivity contribution in [2.24, 2.45) is 0 Å². The number of rotatable bonds is 5. The van der Waals surface area contributed by atoms with E-state index in [0.717, 1.165) is 42.5 Å². The van der Waals surface area contributed by atoms with Gasteiger partial charge in [0, 0.05) is 5.88 Å². The molecule has 21 heavy (non-hydrogen) atoms. The zero-order valence-electron chi connectivity index (χ0n) is 11.5. The predicted molar refractivity (Wildman–Crippen MR) is 80.5 cm³/mol. The summed E-state index contributed by atoms with van der Waals surface area (Å²) in [6, 6.07) is 13.2. The van der Waals surface area contributed by atoms with Gasteiger partial charge in [-0.05, 0) is 48.1 Å². The standard InChI is InChI=1S/C17H16ClF3/c18-12-2-1-3-13-4-6-14(7-5-13)15-8-10-16(11-9-15)17(19,20)21/h4-11H,1-3,12H2. The highest BCUT2D eigenvalue weighted by Gasteiger charge is 2.29. The van der Waals surface area contributed by atoms with E-state index in [2.05, 4.69) is 0 Å². The highest BCUT2D eigenvalue weighted by molar-refractivity contribution is 6.17. The van der Waals surface area contributed by atoms with Gasteiger partial charge in [-0.3, -0.25) is 0 Å². The molecular weight excluding hydrogens is 297 g/mol. The van der Waals surface area contributed by atoms with Crippen LogP contribution in [0.25, 0.3) is 11.1 Å². The van der Waals surface area contributed by atoms with Crippen LogP contribution < -0.4 is 0 Å². The van der Waals surface area contributed by atoms with Crippen LogP contribution in [0, 0.1) is 0 Å². The number of halogens is 4. The lowest BCUT2D eigenvalue weighted by Crippen LogP contribution is -2.03. The molecule has 4 heteroatoms. The van der Waals surface area contributed by atoms with Gasteiger partial charge >= 0.3 is 6.18 Å². The lowest BCUT2D eigenvalue weighted by molar-refractivity contribution is -0.137. The van der Waals surface area contributed by atoms with Crippen LogP contribution in [-0.2, 0) is 12.6 Å². The SMILES string of the molecule is FC(F)(F)c1ccc(-c2ccc(CCCCCl)cc2)cc1. The van der Waals surface area contributed by atoms with Crippen LogP contribution in [0.15, 0.2) is 48.5 Å². The average Bonchev–Trinajstić information content (AvgIpc) is 2.48. The fourth-order valence-electron chi connectivity index (χ4n) is 2.14. The molecule has 0 aromatic heterocycles. The molecule has 0 saturated carbocycles. The number of aryl methyl sites for hydroxylation is 1. The van der Waals surface area contributed by atoms with Crippen molar-refractivity contribution in [3.63, 3.8) is 0 Å². The van der Waals surface area contributed by atoms with Gasteiger partial charge in [0.15, 0.2) is 0 Å². The molecule has 0 atom stereocenters. The van der Waals surface area contributed by atoms with Crippen molar-refractivity contribution < 1.29 is 13.2 Å². The molecule has 2 aromatic carbocycles. The number of hydrogen-bond acceptors (Lipinski definition) is 0. The molecule has 0 aliphatic carbocycles. The number of hydrogen-bond donors (Lipinski definition) is 0. The van der Waals surface area contributed by atoms with E-state index in [4.69, 9.17) is 11.6 Å². The molecule has 0 nitrogen and oxygen atoms in total. The first-order chi connectivity index (χ1) is 10.0. The van der Waals surface area contributed by atoms with E-state index in [1.165, 1.54) is 17.7 Å². The first-order valence-corrected chi connectivity index (χ1v) is 7.37. The van der Waals surface area contributed by atoms with Gasteiger partial charge in [0.2, 0.25) is 0 Å². The van der Waals surface area contributed by atoms with Gasteiger partial charge < -0.3 is 0 Å². The normalized spacial score (nSPS) is 11.6. The topological polar surface area (TPSA) is 0 Å². The highest BCUT2D eigenvalue weighted by atomic mass is 35.5. The Morgan fingerprint density at radius 1 is 0.762 bits per heavy atom. The highest BCUT2D eigenvalue weighted by Crippen LogP contribution is 2.31. The van der Waals surface area contributed by atoms with E-state index in [1.807, 2.05) is 24.3 Å². The molecule has 2 rings (SSSR count). The van der Waals surface area contributed by atoms with Crippen molar-refractivity contribution >= 4 is 11.6 Å². The smallest absolute Gasteiger partial charge is 0.166 e. The zero-order valence-corrected chi connectivity index (χ0v) is 12.2. The quantitative estimate of drug-likeness (QED) is 0.474. The maximum atomic E-state index is 12.5. The van der Waals surface area contributed by atoms with Crippen molar-refractivity contribution in [2.75, 3.05) is 5.88 Å². The molecule has 0 bridgehead atoms. The summed E-state index contributed by atoms with van der Waals surface area (Å²) in [4.78, 5) is 0. The summed E-state index contributed by atoms with van der Waals surface area (Å²) in [6.45, 7) is 0. The second-order valence-corrected chi connectivity index (χ2v) is 5.30. The van der Waals surface area contributed by atoms with E-state index >= 15 is 0 Å². The van der Waals surface area contributed by atoms with Gasteiger partial charge in [0.25, 0.3) is 0 Å². The second-order valence-electron chi connectivity index (χ2n) is 4.92. The Labute approximate surface area is 127 Å². The number of unbranched alkanes of at least 4 members (excludes halogenated alkanes) is 1. The van der Waals surface area contributed by atoms with Gasteiger partial charge in [0.05, 0.1) is 5.56 Å². The summed E-state index contributed by atoms with van der Waals surface area (Å²) in [5.41, 5.74) is 2.31. The van der Waals surface area contributed by atoms with Crippen LogP contribution in [0.1, 0.15) is 24.0 Å². The third-order valence-electron chi connectivity index (χ3n) is 3.35. The van der Waals surface area contributed by atoms with E-state index in [1.54, 1.807) is 0 Å². The third kappa shape index (κ3) is 4.50. The van der Waals surface area contributed by atoms with E-state index in [9.17, 15) is 13.2 Å². The second kappa shape index (κ2) is 6.99. The Morgan fingerprint density at radius 2 is 1.29 bits per heavy atom. The predicted octanol–water partition coefficient (Wildman–Crippen LogP) is 5.93. The Kier molecular flexibility index (Phi) is 5.29.